The first-order valence-electron chi connectivity index (χ1n) is 10.5. The molecular weight excluding hydrogens is 400 g/mol. The molecule has 1 heterocycles. The van der Waals surface area contributed by atoms with E-state index < -0.39 is 0 Å². The second-order valence-electron chi connectivity index (χ2n) is 8.12. The first-order chi connectivity index (χ1) is 15.3. The Morgan fingerprint density at radius 3 is 2.19 bits per heavy atom. The maximum Gasteiger partial charge on any atom is 0.282 e. The fourth-order valence-corrected chi connectivity index (χ4v) is 4.13. The summed E-state index contributed by atoms with van der Waals surface area (Å²) in [5, 5.41) is 3.25. The quantitative estimate of drug-likeness (QED) is 0.561. The summed E-state index contributed by atoms with van der Waals surface area (Å²) in [4.78, 5) is 28.7. The van der Waals surface area contributed by atoms with E-state index in [1.165, 1.54) is 4.90 Å². The highest BCUT2D eigenvalue weighted by Gasteiger charge is 2.41. The predicted molar refractivity (Wildman–Crippen MR) is 128 cm³/mol. The van der Waals surface area contributed by atoms with Crippen molar-refractivity contribution in [2.24, 2.45) is 0 Å². The number of ether oxygens (including phenoxy) is 1. The van der Waals surface area contributed by atoms with Gasteiger partial charge in [-0.05, 0) is 74.2 Å². The van der Waals surface area contributed by atoms with Gasteiger partial charge in [0.05, 0.1) is 18.4 Å². The Balaban J connectivity index is 1.91. The Labute approximate surface area is 188 Å². The zero-order chi connectivity index (χ0) is 23.0. The molecule has 162 valence electrons. The Morgan fingerprint density at radius 1 is 0.812 bits per heavy atom. The Morgan fingerprint density at radius 2 is 1.50 bits per heavy atom. The summed E-state index contributed by atoms with van der Waals surface area (Å²) in [5.41, 5.74) is 6.49. The minimum Gasteiger partial charge on any atom is -0.496 e. The fourth-order valence-electron chi connectivity index (χ4n) is 4.13. The fraction of sp³-hybridized carbons (Fsp3) is 0.185. The summed E-state index contributed by atoms with van der Waals surface area (Å²) >= 11 is 0. The van der Waals surface area contributed by atoms with Crippen LogP contribution in [0.4, 0.5) is 11.4 Å². The minimum atomic E-state index is -0.385. The Bertz CT molecular complexity index is 1250. The summed E-state index contributed by atoms with van der Waals surface area (Å²) < 4.78 is 5.52. The van der Waals surface area contributed by atoms with Crippen LogP contribution < -0.4 is 15.0 Å². The predicted octanol–water partition coefficient (Wildman–Crippen LogP) is 5.33. The van der Waals surface area contributed by atoms with Crippen molar-refractivity contribution in [1.29, 1.82) is 0 Å². The molecule has 0 aromatic heterocycles. The van der Waals surface area contributed by atoms with Crippen LogP contribution in [0.1, 0.15) is 27.8 Å². The van der Waals surface area contributed by atoms with E-state index >= 15 is 0 Å². The largest absolute Gasteiger partial charge is 0.496 e. The van der Waals surface area contributed by atoms with Gasteiger partial charge in [-0.1, -0.05) is 36.4 Å². The van der Waals surface area contributed by atoms with Gasteiger partial charge in [0.25, 0.3) is 11.8 Å². The van der Waals surface area contributed by atoms with E-state index in [0.29, 0.717) is 22.6 Å². The van der Waals surface area contributed by atoms with Crippen molar-refractivity contribution >= 4 is 28.8 Å². The zero-order valence-electron chi connectivity index (χ0n) is 18.9. The SMILES string of the molecule is COc1ccccc1C1=C(Nc2cc(C)cc(C)c2)C(=O)N(c2cccc(C)c2C)C1=O. The molecule has 2 amide bonds. The molecule has 32 heavy (non-hydrogen) atoms. The second-order valence-corrected chi connectivity index (χ2v) is 8.12. The summed E-state index contributed by atoms with van der Waals surface area (Å²) in [6.45, 7) is 7.88. The number of amides is 2. The number of carbonyl (C=O) groups excluding carboxylic acids is 2. The average Bonchev–Trinajstić information content (AvgIpc) is 2.99. The van der Waals surface area contributed by atoms with Crippen LogP contribution in [-0.4, -0.2) is 18.9 Å². The average molecular weight is 427 g/mol. The molecule has 0 atom stereocenters. The van der Waals surface area contributed by atoms with Gasteiger partial charge in [0.1, 0.15) is 11.4 Å². The van der Waals surface area contributed by atoms with Crippen molar-refractivity contribution < 1.29 is 14.3 Å². The number of hydrogen-bond donors (Lipinski definition) is 1. The highest BCUT2D eigenvalue weighted by atomic mass is 16.5. The van der Waals surface area contributed by atoms with Crippen molar-refractivity contribution in [2.45, 2.75) is 27.7 Å². The number of imide groups is 1. The third-order valence-electron chi connectivity index (χ3n) is 5.77. The van der Waals surface area contributed by atoms with Gasteiger partial charge in [-0.2, -0.15) is 0 Å². The molecule has 1 aliphatic rings. The first-order valence-corrected chi connectivity index (χ1v) is 10.5. The van der Waals surface area contributed by atoms with E-state index in [4.69, 9.17) is 4.74 Å². The molecular formula is C27H26N2O3. The van der Waals surface area contributed by atoms with E-state index in [-0.39, 0.29) is 17.5 Å². The molecule has 5 heteroatoms. The molecule has 4 rings (SSSR count). The molecule has 0 saturated carbocycles. The molecule has 0 radical (unpaired) electrons. The molecule has 3 aromatic rings. The van der Waals surface area contributed by atoms with Crippen LogP contribution in [-0.2, 0) is 9.59 Å². The molecule has 0 fully saturated rings. The lowest BCUT2D eigenvalue weighted by Gasteiger charge is -2.19. The number of anilines is 2. The number of hydrogen-bond acceptors (Lipinski definition) is 4. The monoisotopic (exact) mass is 426 g/mol. The number of aryl methyl sites for hydroxylation is 3. The van der Waals surface area contributed by atoms with E-state index in [1.54, 1.807) is 25.3 Å². The molecule has 0 unspecified atom stereocenters. The molecule has 5 nitrogen and oxygen atoms in total. The Kier molecular flexibility index (Phi) is 5.57. The van der Waals surface area contributed by atoms with Crippen LogP contribution >= 0.6 is 0 Å². The minimum absolute atomic E-state index is 0.241. The molecule has 3 aromatic carbocycles. The van der Waals surface area contributed by atoms with Crippen molar-refractivity contribution in [3.63, 3.8) is 0 Å². The lowest BCUT2D eigenvalue weighted by Crippen LogP contribution is -2.33. The van der Waals surface area contributed by atoms with Gasteiger partial charge in [0.15, 0.2) is 0 Å². The standard InChI is InChI=1S/C27H26N2O3/c1-16-13-17(2)15-20(14-16)28-25-24(21-10-6-7-12-23(21)32-5)26(30)29(27(25)31)22-11-8-9-18(3)19(22)4/h6-15,28H,1-5H3. The lowest BCUT2D eigenvalue weighted by atomic mass is 10.0. The van der Waals surface area contributed by atoms with E-state index in [2.05, 4.69) is 11.4 Å². The number of methoxy groups -OCH3 is 1. The molecule has 0 bridgehead atoms. The van der Waals surface area contributed by atoms with Crippen molar-refractivity contribution in [3.05, 3.63) is 94.2 Å². The highest BCUT2D eigenvalue weighted by Crippen LogP contribution is 2.38. The molecule has 1 N–H and O–H groups in total. The first kappa shape index (κ1) is 21.4. The smallest absolute Gasteiger partial charge is 0.282 e. The van der Waals surface area contributed by atoms with Gasteiger partial charge in [0, 0.05) is 11.3 Å². The number of nitrogens with one attached hydrogen (secondary N) is 1. The topological polar surface area (TPSA) is 58.6 Å². The van der Waals surface area contributed by atoms with Crippen LogP contribution in [0.5, 0.6) is 5.75 Å². The van der Waals surface area contributed by atoms with Crippen molar-refractivity contribution in [3.8, 4) is 5.75 Å². The van der Waals surface area contributed by atoms with E-state index in [1.807, 2.05) is 64.1 Å². The van der Waals surface area contributed by atoms with Crippen LogP contribution in [0, 0.1) is 27.7 Å². The van der Waals surface area contributed by atoms with Crippen LogP contribution in [0.25, 0.3) is 5.57 Å². The molecule has 0 aliphatic carbocycles. The lowest BCUT2D eigenvalue weighted by molar-refractivity contribution is -0.120. The number of rotatable bonds is 5. The van der Waals surface area contributed by atoms with E-state index in [0.717, 1.165) is 27.9 Å². The third kappa shape index (κ3) is 3.66. The van der Waals surface area contributed by atoms with Gasteiger partial charge >= 0.3 is 0 Å². The van der Waals surface area contributed by atoms with Gasteiger partial charge in [0.2, 0.25) is 0 Å². The summed E-state index contributed by atoms with van der Waals surface area (Å²) in [5.74, 6) is -0.227. The Hall–Kier alpha value is -3.86. The van der Waals surface area contributed by atoms with Crippen LogP contribution in [0.3, 0.4) is 0 Å². The van der Waals surface area contributed by atoms with Gasteiger partial charge in [-0.15, -0.1) is 0 Å². The molecule has 0 saturated heterocycles. The summed E-state index contributed by atoms with van der Waals surface area (Å²) in [6, 6.07) is 18.9. The number of benzene rings is 3. The van der Waals surface area contributed by atoms with Crippen LogP contribution in [0.15, 0.2) is 66.4 Å². The number of nitrogens with zero attached hydrogens (tertiary/aromatic N) is 1. The zero-order valence-corrected chi connectivity index (χ0v) is 18.9. The number of para-hydroxylation sites is 1. The van der Waals surface area contributed by atoms with Gasteiger partial charge in [-0.25, -0.2) is 4.90 Å². The summed E-state index contributed by atoms with van der Waals surface area (Å²) in [6.07, 6.45) is 0. The maximum absolute atomic E-state index is 13.7. The summed E-state index contributed by atoms with van der Waals surface area (Å²) in [7, 11) is 1.56. The van der Waals surface area contributed by atoms with Crippen molar-refractivity contribution in [1.82, 2.24) is 0 Å². The molecule has 0 spiro atoms. The van der Waals surface area contributed by atoms with Gasteiger partial charge in [-0.3, -0.25) is 9.59 Å². The second kappa shape index (κ2) is 8.35. The van der Waals surface area contributed by atoms with Gasteiger partial charge < -0.3 is 10.1 Å². The van der Waals surface area contributed by atoms with Crippen molar-refractivity contribution in [2.75, 3.05) is 17.3 Å². The maximum atomic E-state index is 13.7. The van der Waals surface area contributed by atoms with E-state index in [9.17, 15) is 9.59 Å². The molecule has 1 aliphatic heterocycles. The van der Waals surface area contributed by atoms with Crippen LogP contribution in [0.2, 0.25) is 0 Å². The number of carbonyl (C=O) groups is 2. The normalized spacial score (nSPS) is 13.7. The third-order valence-corrected chi connectivity index (χ3v) is 5.77. The highest BCUT2D eigenvalue weighted by molar-refractivity contribution is 6.46.